The Hall–Kier alpha value is -1.83. The molecule has 8 heteroatoms. The Balaban J connectivity index is 1.88. The molecule has 118 valence electrons. The summed E-state index contributed by atoms with van der Waals surface area (Å²) in [5, 5.41) is 21.3. The van der Waals surface area contributed by atoms with Gasteiger partial charge in [0, 0.05) is 25.4 Å². The first-order valence-corrected chi connectivity index (χ1v) is 7.13. The molecule has 1 saturated carbocycles. The van der Waals surface area contributed by atoms with Crippen LogP contribution >= 0.6 is 0 Å². The Morgan fingerprint density at radius 1 is 1.29 bits per heavy atom. The number of rotatable bonds is 5. The Bertz CT molecular complexity index is 442. The number of likely N-dealkylation sites (tertiary alicyclic amines) is 1. The highest BCUT2D eigenvalue weighted by atomic mass is 16.4. The summed E-state index contributed by atoms with van der Waals surface area (Å²) in [4.78, 5) is 35.4. The zero-order chi connectivity index (χ0) is 15.6. The van der Waals surface area contributed by atoms with Crippen LogP contribution in [0, 0.1) is 11.8 Å². The van der Waals surface area contributed by atoms with E-state index < -0.39 is 23.9 Å². The van der Waals surface area contributed by atoms with Crippen molar-refractivity contribution in [3.05, 3.63) is 0 Å². The Kier molecular flexibility index (Phi) is 4.66. The maximum absolute atomic E-state index is 12.1. The molecule has 21 heavy (non-hydrogen) atoms. The Morgan fingerprint density at radius 2 is 2.00 bits per heavy atom. The van der Waals surface area contributed by atoms with Crippen LogP contribution in [0.4, 0.5) is 4.79 Å². The third-order valence-corrected chi connectivity index (χ3v) is 4.38. The molecule has 1 aliphatic heterocycles. The molecule has 0 bridgehead atoms. The lowest BCUT2D eigenvalue weighted by atomic mass is 10.00. The summed E-state index contributed by atoms with van der Waals surface area (Å²) in [6.45, 7) is 0.982. The Labute approximate surface area is 122 Å². The van der Waals surface area contributed by atoms with E-state index in [0.717, 1.165) is 12.8 Å². The van der Waals surface area contributed by atoms with Crippen LogP contribution in [0.2, 0.25) is 0 Å². The van der Waals surface area contributed by atoms with Crippen LogP contribution in [-0.4, -0.2) is 58.3 Å². The fraction of sp³-hybridized carbons (Fsp3) is 0.769. The van der Waals surface area contributed by atoms with Crippen molar-refractivity contribution in [3.8, 4) is 0 Å². The molecule has 1 heterocycles. The fourth-order valence-corrected chi connectivity index (χ4v) is 3.19. The third-order valence-electron chi connectivity index (χ3n) is 4.38. The topological polar surface area (TPSA) is 133 Å². The summed E-state index contributed by atoms with van der Waals surface area (Å²) in [6, 6.07) is -1.59. The van der Waals surface area contributed by atoms with E-state index in [1.54, 1.807) is 0 Å². The fourth-order valence-electron chi connectivity index (χ4n) is 3.19. The largest absolute Gasteiger partial charge is 0.480 e. The van der Waals surface area contributed by atoms with Crippen molar-refractivity contribution in [1.29, 1.82) is 0 Å². The molecule has 0 spiro atoms. The van der Waals surface area contributed by atoms with E-state index in [1.807, 2.05) is 0 Å². The molecule has 5 N–H and O–H groups in total. The predicted molar refractivity (Wildman–Crippen MR) is 72.2 cm³/mol. The lowest BCUT2D eigenvalue weighted by Gasteiger charge is -2.22. The van der Waals surface area contributed by atoms with Crippen LogP contribution < -0.4 is 11.1 Å². The number of carboxylic acids is 1. The molecule has 2 aliphatic rings. The van der Waals surface area contributed by atoms with Crippen molar-refractivity contribution in [1.82, 2.24) is 10.2 Å². The van der Waals surface area contributed by atoms with E-state index in [1.165, 1.54) is 4.90 Å². The van der Waals surface area contributed by atoms with Gasteiger partial charge in [-0.3, -0.25) is 4.79 Å². The number of nitrogens with one attached hydrogen (secondary N) is 1. The number of carbonyl (C=O) groups is 3. The van der Waals surface area contributed by atoms with Gasteiger partial charge in [-0.05, 0) is 25.2 Å². The van der Waals surface area contributed by atoms with Crippen molar-refractivity contribution in [2.45, 2.75) is 37.8 Å². The lowest BCUT2D eigenvalue weighted by Crippen LogP contribution is -2.48. The van der Waals surface area contributed by atoms with Crippen molar-refractivity contribution >= 4 is 17.9 Å². The maximum atomic E-state index is 12.1. The van der Waals surface area contributed by atoms with Gasteiger partial charge in [-0.25, -0.2) is 9.59 Å². The quantitative estimate of drug-likeness (QED) is 0.523. The number of amides is 3. The minimum atomic E-state index is -1.19. The monoisotopic (exact) mass is 299 g/mol. The average molecular weight is 299 g/mol. The van der Waals surface area contributed by atoms with E-state index in [0.29, 0.717) is 19.0 Å². The first-order chi connectivity index (χ1) is 9.88. The highest BCUT2D eigenvalue weighted by Gasteiger charge is 2.43. The minimum Gasteiger partial charge on any atom is -0.480 e. The Morgan fingerprint density at radius 3 is 2.57 bits per heavy atom. The molecule has 3 amide bonds. The van der Waals surface area contributed by atoms with Crippen LogP contribution in [0.3, 0.4) is 0 Å². The van der Waals surface area contributed by atoms with Gasteiger partial charge in [0.15, 0.2) is 0 Å². The molecule has 4 atom stereocenters. The number of nitrogens with zero attached hydrogens (tertiary/aromatic N) is 1. The number of aliphatic carboxylic acids is 1. The molecule has 1 aliphatic carbocycles. The number of nitrogens with two attached hydrogens (primary N) is 1. The van der Waals surface area contributed by atoms with Gasteiger partial charge >= 0.3 is 12.0 Å². The lowest BCUT2D eigenvalue weighted by molar-refractivity contribution is -0.139. The molecule has 2 rings (SSSR count). The standard InChI is InChI=1S/C13H21N3O5/c14-11(18)4-2-9(12(19)20)15-13(21)16-5-7-1-3-10(17)8(7)6-16/h7-10,17H,1-6H2,(H2,14,18)(H,15,21)(H,19,20)/t7?,8?,9-,10?/m1/s1. The third kappa shape index (κ3) is 3.63. The van der Waals surface area contributed by atoms with Crippen molar-refractivity contribution in [3.63, 3.8) is 0 Å². The molecule has 0 aromatic rings. The number of urea groups is 1. The van der Waals surface area contributed by atoms with Crippen molar-refractivity contribution < 1.29 is 24.6 Å². The molecule has 1 saturated heterocycles. The van der Waals surface area contributed by atoms with E-state index in [4.69, 9.17) is 10.8 Å². The zero-order valence-corrected chi connectivity index (χ0v) is 11.7. The second-order valence-electron chi connectivity index (χ2n) is 5.82. The maximum Gasteiger partial charge on any atom is 0.326 e. The number of hydrogen-bond donors (Lipinski definition) is 4. The second-order valence-corrected chi connectivity index (χ2v) is 5.82. The summed E-state index contributed by atoms with van der Waals surface area (Å²) in [7, 11) is 0. The van der Waals surface area contributed by atoms with Gasteiger partial charge in [0.25, 0.3) is 0 Å². The van der Waals surface area contributed by atoms with Gasteiger partial charge in [0.2, 0.25) is 5.91 Å². The van der Waals surface area contributed by atoms with Crippen LogP contribution in [0.15, 0.2) is 0 Å². The number of carboxylic acid groups (broad SMARTS) is 1. The molecular weight excluding hydrogens is 278 g/mol. The van der Waals surface area contributed by atoms with E-state index >= 15 is 0 Å². The molecular formula is C13H21N3O5. The molecule has 3 unspecified atom stereocenters. The van der Waals surface area contributed by atoms with E-state index in [2.05, 4.69) is 5.32 Å². The number of aliphatic hydroxyl groups is 1. The number of hydrogen-bond acceptors (Lipinski definition) is 4. The van der Waals surface area contributed by atoms with Crippen LogP contribution in [0.25, 0.3) is 0 Å². The minimum absolute atomic E-state index is 0.0280. The highest BCUT2D eigenvalue weighted by molar-refractivity contribution is 5.83. The summed E-state index contributed by atoms with van der Waals surface area (Å²) in [5.74, 6) is -1.41. The summed E-state index contributed by atoms with van der Waals surface area (Å²) in [6.07, 6.45) is 1.15. The second kappa shape index (κ2) is 6.30. The number of aliphatic hydroxyl groups excluding tert-OH is 1. The zero-order valence-electron chi connectivity index (χ0n) is 11.7. The van der Waals surface area contributed by atoms with Gasteiger partial charge < -0.3 is 26.2 Å². The summed E-state index contributed by atoms with van der Waals surface area (Å²) in [5.41, 5.74) is 4.99. The first-order valence-electron chi connectivity index (χ1n) is 7.13. The normalized spacial score (nSPS) is 29.0. The van der Waals surface area contributed by atoms with Gasteiger partial charge in [0.1, 0.15) is 6.04 Å². The molecule has 0 radical (unpaired) electrons. The van der Waals surface area contributed by atoms with E-state index in [-0.39, 0.29) is 24.9 Å². The van der Waals surface area contributed by atoms with Crippen LogP contribution in [-0.2, 0) is 9.59 Å². The highest BCUT2D eigenvalue weighted by Crippen LogP contribution is 2.37. The number of fused-ring (bicyclic) bond motifs is 1. The van der Waals surface area contributed by atoms with Gasteiger partial charge in [-0.1, -0.05) is 0 Å². The first kappa shape index (κ1) is 15.6. The number of carbonyl (C=O) groups excluding carboxylic acids is 2. The van der Waals surface area contributed by atoms with Gasteiger partial charge in [0.05, 0.1) is 6.10 Å². The van der Waals surface area contributed by atoms with Gasteiger partial charge in [-0.2, -0.15) is 0 Å². The van der Waals surface area contributed by atoms with E-state index in [9.17, 15) is 19.5 Å². The number of primary amides is 1. The van der Waals surface area contributed by atoms with Crippen LogP contribution in [0.1, 0.15) is 25.7 Å². The summed E-state index contributed by atoms with van der Waals surface area (Å²) >= 11 is 0. The van der Waals surface area contributed by atoms with Gasteiger partial charge in [-0.15, -0.1) is 0 Å². The average Bonchev–Trinajstić information content (AvgIpc) is 2.96. The van der Waals surface area contributed by atoms with Crippen molar-refractivity contribution in [2.24, 2.45) is 17.6 Å². The van der Waals surface area contributed by atoms with Crippen molar-refractivity contribution in [2.75, 3.05) is 13.1 Å². The molecule has 0 aromatic heterocycles. The molecule has 8 nitrogen and oxygen atoms in total. The predicted octanol–water partition coefficient (Wildman–Crippen LogP) is -0.883. The molecule has 2 fully saturated rings. The van der Waals surface area contributed by atoms with Crippen LogP contribution in [0.5, 0.6) is 0 Å². The molecule has 0 aromatic carbocycles. The summed E-state index contributed by atoms with van der Waals surface area (Å²) < 4.78 is 0. The SMILES string of the molecule is NC(=O)CC[C@@H](NC(=O)N1CC2CCC(O)C2C1)C(=O)O. The smallest absolute Gasteiger partial charge is 0.326 e.